The number of aryl methyl sites for hydroxylation is 1. The molecule has 1 aromatic carbocycles. The lowest BCUT2D eigenvalue weighted by Crippen LogP contribution is -2.27. The Kier molecular flexibility index (Phi) is 3.58. The van der Waals surface area contributed by atoms with Crippen molar-refractivity contribution in [2.24, 2.45) is 0 Å². The molecule has 15 heavy (non-hydrogen) atoms. The minimum atomic E-state index is -0.764. The molecule has 1 heterocycles. The van der Waals surface area contributed by atoms with Crippen LogP contribution in [0, 0.1) is 6.92 Å². The predicted octanol–water partition coefficient (Wildman–Crippen LogP) is 1.86. The average molecular weight is 228 g/mol. The zero-order chi connectivity index (χ0) is 10.1. The van der Waals surface area contributed by atoms with Gasteiger partial charge in [-0.25, -0.2) is 0 Å². The number of carboxylic acid groups (broad SMARTS) is 1. The van der Waals surface area contributed by atoms with Gasteiger partial charge in [0.1, 0.15) is 6.54 Å². The van der Waals surface area contributed by atoms with Crippen LogP contribution in [0.4, 0.5) is 5.69 Å². The molecule has 0 atom stereocenters. The molecule has 82 valence electrons. The average Bonchev–Trinajstić information content (AvgIpc) is 2.47. The number of nitrogens with zero attached hydrogens (tertiary/aromatic N) is 1. The van der Waals surface area contributed by atoms with Gasteiger partial charge in [-0.2, -0.15) is 0 Å². The van der Waals surface area contributed by atoms with Crippen LogP contribution >= 0.6 is 12.4 Å². The van der Waals surface area contributed by atoms with Crippen molar-refractivity contribution in [3.8, 4) is 0 Å². The fraction of sp³-hybridized carbons (Fsp3) is 0.364. The third-order valence-electron chi connectivity index (χ3n) is 2.56. The Morgan fingerprint density at radius 1 is 1.53 bits per heavy atom. The van der Waals surface area contributed by atoms with Gasteiger partial charge < -0.3 is 10.0 Å². The van der Waals surface area contributed by atoms with Crippen LogP contribution in [-0.4, -0.2) is 24.2 Å². The number of carbonyl (C=O) groups is 1. The first-order valence-corrected chi connectivity index (χ1v) is 4.73. The SMILES string of the molecule is Cc1ccc2c(c1)N(CC(=O)O)CC2.Cl. The molecule has 0 aliphatic carbocycles. The maximum atomic E-state index is 10.6. The van der Waals surface area contributed by atoms with E-state index in [0.29, 0.717) is 0 Å². The third kappa shape index (κ3) is 2.42. The molecule has 1 aromatic rings. The number of anilines is 1. The Balaban J connectivity index is 0.00000112. The highest BCUT2D eigenvalue weighted by molar-refractivity contribution is 5.85. The Morgan fingerprint density at radius 3 is 2.93 bits per heavy atom. The zero-order valence-electron chi connectivity index (χ0n) is 8.56. The molecule has 1 N–H and O–H groups in total. The number of fused-ring (bicyclic) bond motifs is 1. The van der Waals surface area contributed by atoms with Crippen LogP contribution in [0.2, 0.25) is 0 Å². The molecule has 1 aliphatic rings. The number of hydrogen-bond donors (Lipinski definition) is 1. The molecule has 0 spiro atoms. The van der Waals surface area contributed by atoms with Gasteiger partial charge in [0.15, 0.2) is 0 Å². The molecular formula is C11H14ClNO2. The monoisotopic (exact) mass is 227 g/mol. The van der Waals surface area contributed by atoms with E-state index in [1.807, 2.05) is 11.8 Å². The maximum Gasteiger partial charge on any atom is 0.323 e. The highest BCUT2D eigenvalue weighted by atomic mass is 35.5. The summed E-state index contributed by atoms with van der Waals surface area (Å²) in [5, 5.41) is 8.73. The number of benzene rings is 1. The van der Waals surface area contributed by atoms with Crippen molar-refractivity contribution < 1.29 is 9.90 Å². The number of carboxylic acids is 1. The van der Waals surface area contributed by atoms with Crippen LogP contribution in [0.3, 0.4) is 0 Å². The Bertz CT molecular complexity index is 379. The molecule has 0 saturated heterocycles. The molecule has 0 unspecified atom stereocenters. The minimum absolute atomic E-state index is 0. The normalized spacial score (nSPS) is 13.3. The summed E-state index contributed by atoms with van der Waals surface area (Å²) in [6, 6.07) is 6.22. The van der Waals surface area contributed by atoms with Gasteiger partial charge in [0.25, 0.3) is 0 Å². The standard InChI is InChI=1S/C11H13NO2.ClH/c1-8-2-3-9-4-5-12(7-11(13)14)10(9)6-8;/h2-3,6H,4-5,7H2,1H3,(H,13,14);1H. The van der Waals surface area contributed by atoms with E-state index in [-0.39, 0.29) is 19.0 Å². The molecule has 1 aliphatic heterocycles. The predicted molar refractivity (Wildman–Crippen MR) is 62.0 cm³/mol. The van der Waals surface area contributed by atoms with Crippen LogP contribution in [0.1, 0.15) is 11.1 Å². The lowest BCUT2D eigenvalue weighted by atomic mass is 10.1. The van der Waals surface area contributed by atoms with Crippen LogP contribution in [-0.2, 0) is 11.2 Å². The first kappa shape index (κ1) is 11.9. The smallest absolute Gasteiger partial charge is 0.323 e. The van der Waals surface area contributed by atoms with E-state index in [0.717, 1.165) is 18.7 Å². The molecular weight excluding hydrogens is 214 g/mol. The van der Waals surface area contributed by atoms with Crippen LogP contribution < -0.4 is 4.90 Å². The fourth-order valence-electron chi connectivity index (χ4n) is 1.88. The molecule has 0 saturated carbocycles. The van der Waals surface area contributed by atoms with E-state index in [9.17, 15) is 4.79 Å². The molecule has 3 nitrogen and oxygen atoms in total. The molecule has 2 rings (SSSR count). The van der Waals surface area contributed by atoms with Crippen molar-refractivity contribution in [1.29, 1.82) is 0 Å². The van der Waals surface area contributed by atoms with E-state index >= 15 is 0 Å². The highest BCUT2D eigenvalue weighted by Gasteiger charge is 2.20. The van der Waals surface area contributed by atoms with Crippen LogP contribution in [0.15, 0.2) is 18.2 Å². The summed E-state index contributed by atoms with van der Waals surface area (Å²) in [6.07, 6.45) is 0.961. The summed E-state index contributed by atoms with van der Waals surface area (Å²) in [6.45, 7) is 2.96. The zero-order valence-corrected chi connectivity index (χ0v) is 9.38. The van der Waals surface area contributed by atoms with Crippen molar-refractivity contribution in [3.63, 3.8) is 0 Å². The Hall–Kier alpha value is -1.22. The van der Waals surface area contributed by atoms with Crippen molar-refractivity contribution >= 4 is 24.1 Å². The number of aliphatic carboxylic acids is 1. The van der Waals surface area contributed by atoms with E-state index in [1.165, 1.54) is 11.1 Å². The summed E-state index contributed by atoms with van der Waals surface area (Å²) in [7, 11) is 0. The Labute approximate surface area is 95.1 Å². The van der Waals surface area contributed by atoms with Gasteiger partial charge in [0, 0.05) is 12.2 Å². The first-order valence-electron chi connectivity index (χ1n) is 4.73. The lowest BCUT2D eigenvalue weighted by Gasteiger charge is -2.16. The number of rotatable bonds is 2. The van der Waals surface area contributed by atoms with Crippen molar-refractivity contribution in [3.05, 3.63) is 29.3 Å². The van der Waals surface area contributed by atoms with E-state index in [4.69, 9.17) is 5.11 Å². The van der Waals surface area contributed by atoms with Gasteiger partial charge in [-0.05, 0) is 30.5 Å². The molecule has 0 fully saturated rings. The van der Waals surface area contributed by atoms with Crippen LogP contribution in [0.25, 0.3) is 0 Å². The summed E-state index contributed by atoms with van der Waals surface area (Å²) in [5.74, 6) is -0.764. The summed E-state index contributed by atoms with van der Waals surface area (Å²) in [4.78, 5) is 12.5. The molecule has 0 amide bonds. The van der Waals surface area contributed by atoms with Crippen LogP contribution in [0.5, 0.6) is 0 Å². The summed E-state index contributed by atoms with van der Waals surface area (Å²) in [5.41, 5.74) is 3.53. The van der Waals surface area contributed by atoms with E-state index in [1.54, 1.807) is 0 Å². The second-order valence-corrected chi connectivity index (χ2v) is 3.70. The number of halogens is 1. The van der Waals surface area contributed by atoms with E-state index < -0.39 is 5.97 Å². The van der Waals surface area contributed by atoms with Crippen molar-refractivity contribution in [2.45, 2.75) is 13.3 Å². The fourth-order valence-corrected chi connectivity index (χ4v) is 1.88. The van der Waals surface area contributed by atoms with Gasteiger partial charge >= 0.3 is 5.97 Å². The van der Waals surface area contributed by atoms with Gasteiger partial charge in [-0.3, -0.25) is 4.79 Å². The largest absolute Gasteiger partial charge is 0.480 e. The van der Waals surface area contributed by atoms with Gasteiger partial charge in [0.2, 0.25) is 0 Å². The topological polar surface area (TPSA) is 40.5 Å². The van der Waals surface area contributed by atoms with Gasteiger partial charge in [0.05, 0.1) is 0 Å². The minimum Gasteiger partial charge on any atom is -0.480 e. The van der Waals surface area contributed by atoms with Gasteiger partial charge in [-0.1, -0.05) is 12.1 Å². The summed E-state index contributed by atoms with van der Waals surface area (Å²) >= 11 is 0. The second-order valence-electron chi connectivity index (χ2n) is 3.70. The quantitative estimate of drug-likeness (QED) is 0.839. The molecule has 0 aromatic heterocycles. The Morgan fingerprint density at radius 2 is 2.27 bits per heavy atom. The molecule has 0 bridgehead atoms. The van der Waals surface area contributed by atoms with Crippen molar-refractivity contribution in [2.75, 3.05) is 18.0 Å². The second kappa shape index (κ2) is 4.53. The van der Waals surface area contributed by atoms with Crippen molar-refractivity contribution in [1.82, 2.24) is 0 Å². The molecule has 4 heteroatoms. The maximum absolute atomic E-state index is 10.6. The third-order valence-corrected chi connectivity index (χ3v) is 2.56. The summed E-state index contributed by atoms with van der Waals surface area (Å²) < 4.78 is 0. The molecule has 0 radical (unpaired) electrons. The lowest BCUT2D eigenvalue weighted by molar-refractivity contribution is -0.135. The van der Waals surface area contributed by atoms with E-state index in [2.05, 4.69) is 18.2 Å². The first-order chi connectivity index (χ1) is 6.66. The number of hydrogen-bond acceptors (Lipinski definition) is 2. The van der Waals surface area contributed by atoms with Gasteiger partial charge in [-0.15, -0.1) is 12.4 Å². The highest BCUT2D eigenvalue weighted by Crippen LogP contribution is 2.28.